The van der Waals surface area contributed by atoms with Gasteiger partial charge in [0.05, 0.1) is 11.9 Å². The fraction of sp³-hybridized carbons (Fsp3) is 0.500. The van der Waals surface area contributed by atoms with Crippen molar-refractivity contribution < 1.29 is 4.79 Å². The zero-order valence-electron chi connectivity index (χ0n) is 14.7. The van der Waals surface area contributed by atoms with Crippen LogP contribution in [-0.4, -0.2) is 40.2 Å². The van der Waals surface area contributed by atoms with Crippen LogP contribution in [0.15, 0.2) is 30.7 Å². The first-order valence-electron chi connectivity index (χ1n) is 8.96. The SMILES string of the molecule is Cc1nccn1CCCNC(=O)Nc1ccc(N2CCCCC2)nc1. The Labute approximate surface area is 148 Å². The topological polar surface area (TPSA) is 75.1 Å². The number of pyridine rings is 1. The predicted octanol–water partition coefficient (Wildman–Crippen LogP) is 2.79. The summed E-state index contributed by atoms with van der Waals surface area (Å²) in [4.78, 5) is 22.9. The van der Waals surface area contributed by atoms with Crippen LogP contribution in [0.4, 0.5) is 16.3 Å². The summed E-state index contributed by atoms with van der Waals surface area (Å²) in [7, 11) is 0. The number of hydrogen-bond acceptors (Lipinski definition) is 4. The lowest BCUT2D eigenvalue weighted by Crippen LogP contribution is -2.31. The number of hydrogen-bond donors (Lipinski definition) is 2. The maximum absolute atomic E-state index is 11.9. The Morgan fingerprint density at radius 1 is 1.20 bits per heavy atom. The highest BCUT2D eigenvalue weighted by Crippen LogP contribution is 2.18. The van der Waals surface area contributed by atoms with Gasteiger partial charge in [-0.1, -0.05) is 0 Å². The molecule has 0 atom stereocenters. The summed E-state index contributed by atoms with van der Waals surface area (Å²) in [6.07, 6.45) is 10.1. The van der Waals surface area contributed by atoms with Gasteiger partial charge in [-0.25, -0.2) is 14.8 Å². The zero-order chi connectivity index (χ0) is 17.5. The molecule has 0 aliphatic carbocycles. The molecule has 134 valence electrons. The molecule has 1 fully saturated rings. The number of carbonyl (C=O) groups is 1. The Bertz CT molecular complexity index is 675. The molecule has 2 aromatic rings. The minimum atomic E-state index is -0.199. The van der Waals surface area contributed by atoms with Crippen molar-refractivity contribution in [2.24, 2.45) is 0 Å². The zero-order valence-corrected chi connectivity index (χ0v) is 14.7. The molecule has 2 amide bonds. The number of imidazole rings is 1. The van der Waals surface area contributed by atoms with E-state index in [0.717, 1.165) is 37.7 Å². The molecule has 0 radical (unpaired) electrons. The molecule has 7 heteroatoms. The van der Waals surface area contributed by atoms with Gasteiger partial charge >= 0.3 is 6.03 Å². The van der Waals surface area contributed by atoms with E-state index in [1.807, 2.05) is 25.3 Å². The van der Waals surface area contributed by atoms with Gasteiger partial charge in [-0.05, 0) is 44.7 Å². The maximum atomic E-state index is 11.9. The number of anilines is 2. The van der Waals surface area contributed by atoms with Crippen LogP contribution in [0.2, 0.25) is 0 Å². The van der Waals surface area contributed by atoms with Crippen LogP contribution in [0, 0.1) is 6.92 Å². The predicted molar refractivity (Wildman–Crippen MR) is 98.9 cm³/mol. The van der Waals surface area contributed by atoms with Crippen molar-refractivity contribution in [3.05, 3.63) is 36.5 Å². The van der Waals surface area contributed by atoms with E-state index < -0.39 is 0 Å². The fourth-order valence-electron chi connectivity index (χ4n) is 3.04. The molecule has 0 unspecified atom stereocenters. The lowest BCUT2D eigenvalue weighted by Gasteiger charge is -2.27. The summed E-state index contributed by atoms with van der Waals surface area (Å²) in [5.74, 6) is 1.98. The molecular weight excluding hydrogens is 316 g/mol. The molecule has 3 heterocycles. The molecule has 25 heavy (non-hydrogen) atoms. The van der Waals surface area contributed by atoms with Gasteiger partial charge in [0.1, 0.15) is 11.6 Å². The quantitative estimate of drug-likeness (QED) is 0.792. The summed E-state index contributed by atoms with van der Waals surface area (Å²) in [5.41, 5.74) is 0.712. The molecule has 1 aliphatic heterocycles. The summed E-state index contributed by atoms with van der Waals surface area (Å²) in [6.45, 7) is 5.56. The normalized spacial score (nSPS) is 14.4. The first-order valence-corrected chi connectivity index (χ1v) is 8.96. The van der Waals surface area contributed by atoms with Gasteiger partial charge in [-0.15, -0.1) is 0 Å². The maximum Gasteiger partial charge on any atom is 0.319 e. The Kier molecular flexibility index (Phi) is 5.87. The van der Waals surface area contributed by atoms with Crippen LogP contribution in [0.5, 0.6) is 0 Å². The van der Waals surface area contributed by atoms with Crippen molar-refractivity contribution in [3.63, 3.8) is 0 Å². The Hall–Kier alpha value is -2.57. The van der Waals surface area contributed by atoms with E-state index in [-0.39, 0.29) is 6.03 Å². The van der Waals surface area contributed by atoms with Crippen LogP contribution in [0.3, 0.4) is 0 Å². The van der Waals surface area contributed by atoms with Crippen LogP contribution < -0.4 is 15.5 Å². The summed E-state index contributed by atoms with van der Waals surface area (Å²) in [6, 6.07) is 3.68. The Balaban J connectivity index is 1.39. The lowest BCUT2D eigenvalue weighted by atomic mass is 10.1. The van der Waals surface area contributed by atoms with Gasteiger partial charge in [0, 0.05) is 38.6 Å². The van der Waals surface area contributed by atoms with Crippen LogP contribution >= 0.6 is 0 Å². The van der Waals surface area contributed by atoms with Crippen LogP contribution in [0.25, 0.3) is 0 Å². The van der Waals surface area contributed by atoms with Crippen LogP contribution in [-0.2, 0) is 6.54 Å². The number of piperidine rings is 1. The number of aromatic nitrogens is 3. The van der Waals surface area contributed by atoms with E-state index >= 15 is 0 Å². The number of urea groups is 1. The van der Waals surface area contributed by atoms with Gasteiger partial charge in [0.15, 0.2) is 0 Å². The molecule has 2 N–H and O–H groups in total. The number of nitrogens with one attached hydrogen (secondary N) is 2. The van der Waals surface area contributed by atoms with Gasteiger partial charge in [-0.2, -0.15) is 0 Å². The first kappa shape index (κ1) is 17.3. The van der Waals surface area contributed by atoms with Gasteiger partial charge in [-0.3, -0.25) is 0 Å². The third kappa shape index (κ3) is 4.95. The second-order valence-corrected chi connectivity index (χ2v) is 6.36. The minimum Gasteiger partial charge on any atom is -0.357 e. The molecule has 0 spiro atoms. The second kappa shape index (κ2) is 8.50. The van der Waals surface area contributed by atoms with Crippen molar-refractivity contribution >= 4 is 17.5 Å². The van der Waals surface area contributed by atoms with Crippen molar-refractivity contribution in [1.29, 1.82) is 0 Å². The molecule has 2 aromatic heterocycles. The molecule has 7 nitrogen and oxygen atoms in total. The smallest absolute Gasteiger partial charge is 0.319 e. The number of rotatable bonds is 6. The average molecular weight is 342 g/mol. The molecular formula is C18H26N6O. The van der Waals surface area contributed by atoms with Gasteiger partial charge < -0.3 is 20.1 Å². The molecule has 0 saturated carbocycles. The third-order valence-corrected chi connectivity index (χ3v) is 4.47. The highest BCUT2D eigenvalue weighted by molar-refractivity contribution is 5.89. The van der Waals surface area contributed by atoms with E-state index in [9.17, 15) is 4.79 Å². The Morgan fingerprint density at radius 3 is 2.72 bits per heavy atom. The first-order chi connectivity index (χ1) is 12.2. The molecule has 0 bridgehead atoms. The largest absolute Gasteiger partial charge is 0.357 e. The van der Waals surface area contributed by atoms with E-state index in [4.69, 9.17) is 0 Å². The van der Waals surface area contributed by atoms with Gasteiger partial charge in [0.2, 0.25) is 0 Å². The average Bonchev–Trinajstić information content (AvgIpc) is 3.05. The standard InChI is InChI=1S/C18H26N6O/c1-15-19-9-13-23(15)12-5-8-20-18(25)22-16-6-7-17(21-14-16)24-10-3-2-4-11-24/h6-7,9,13-14H,2-5,8,10-12H2,1H3,(H2,20,22,25). The molecule has 1 saturated heterocycles. The summed E-state index contributed by atoms with van der Waals surface area (Å²) in [5, 5.41) is 5.70. The fourth-order valence-corrected chi connectivity index (χ4v) is 3.04. The van der Waals surface area contributed by atoms with Crippen molar-refractivity contribution in [2.75, 3.05) is 29.9 Å². The minimum absolute atomic E-state index is 0.199. The lowest BCUT2D eigenvalue weighted by molar-refractivity contribution is 0.252. The number of aryl methyl sites for hydroxylation is 2. The van der Waals surface area contributed by atoms with Crippen molar-refractivity contribution in [3.8, 4) is 0 Å². The molecule has 1 aliphatic rings. The summed E-state index contributed by atoms with van der Waals surface area (Å²) >= 11 is 0. The van der Waals surface area contributed by atoms with E-state index in [1.165, 1.54) is 19.3 Å². The highest BCUT2D eigenvalue weighted by Gasteiger charge is 2.12. The highest BCUT2D eigenvalue weighted by atomic mass is 16.2. The third-order valence-electron chi connectivity index (χ3n) is 4.47. The van der Waals surface area contributed by atoms with E-state index in [2.05, 4.69) is 30.1 Å². The monoisotopic (exact) mass is 342 g/mol. The summed E-state index contributed by atoms with van der Waals surface area (Å²) < 4.78 is 2.07. The van der Waals surface area contributed by atoms with Crippen LogP contribution in [0.1, 0.15) is 31.5 Å². The van der Waals surface area contributed by atoms with E-state index in [1.54, 1.807) is 12.4 Å². The number of amides is 2. The van der Waals surface area contributed by atoms with Crippen molar-refractivity contribution in [2.45, 2.75) is 39.2 Å². The molecule has 0 aromatic carbocycles. The van der Waals surface area contributed by atoms with Gasteiger partial charge in [0.25, 0.3) is 0 Å². The number of carbonyl (C=O) groups excluding carboxylic acids is 1. The number of nitrogens with zero attached hydrogens (tertiary/aromatic N) is 4. The molecule has 3 rings (SSSR count). The van der Waals surface area contributed by atoms with Crippen molar-refractivity contribution in [1.82, 2.24) is 19.9 Å². The second-order valence-electron chi connectivity index (χ2n) is 6.36. The van der Waals surface area contributed by atoms with E-state index in [0.29, 0.717) is 12.2 Å². The Morgan fingerprint density at radius 2 is 2.04 bits per heavy atom.